The summed E-state index contributed by atoms with van der Waals surface area (Å²) in [6.45, 7) is 6.67. The maximum Gasteiger partial charge on any atom is 0.417 e. The molecule has 1 aromatic rings. The van der Waals surface area contributed by atoms with E-state index in [1.807, 2.05) is 20.8 Å². The molecular weight excluding hydrogens is 399 g/mol. The molecule has 2 unspecified atom stereocenters. The summed E-state index contributed by atoms with van der Waals surface area (Å²) in [5.41, 5.74) is -1.90. The average Bonchev–Trinajstić information content (AvgIpc) is 3.05. The first-order valence-corrected chi connectivity index (χ1v) is 10.2. The van der Waals surface area contributed by atoms with Crippen LogP contribution in [0.1, 0.15) is 45.6 Å². The first kappa shape index (κ1) is 20.9. The topological polar surface area (TPSA) is 62.7 Å². The van der Waals surface area contributed by atoms with Gasteiger partial charge in [-0.1, -0.05) is 0 Å². The number of piperidine rings is 1. The van der Waals surface area contributed by atoms with Crippen LogP contribution in [0.25, 0.3) is 0 Å². The van der Waals surface area contributed by atoms with Gasteiger partial charge in [0.25, 0.3) is 0 Å². The molecule has 3 aliphatic rings. The molecule has 2 saturated heterocycles. The summed E-state index contributed by atoms with van der Waals surface area (Å²) in [5.74, 6) is -0.167. The number of aromatic nitrogens is 1. The average molecular weight is 425 g/mol. The lowest BCUT2D eigenvalue weighted by Gasteiger charge is -2.44. The third kappa shape index (κ3) is 3.41. The second kappa shape index (κ2) is 6.85. The smallest absolute Gasteiger partial charge is 0.417 e. The zero-order valence-corrected chi connectivity index (χ0v) is 17.3. The van der Waals surface area contributed by atoms with Gasteiger partial charge in [-0.05, 0) is 57.9 Å². The van der Waals surface area contributed by atoms with Gasteiger partial charge >= 0.3 is 12.3 Å². The van der Waals surface area contributed by atoms with Crippen LogP contribution in [0.15, 0.2) is 18.5 Å². The van der Waals surface area contributed by atoms with Gasteiger partial charge in [-0.2, -0.15) is 13.2 Å². The van der Waals surface area contributed by atoms with Gasteiger partial charge in [-0.3, -0.25) is 9.78 Å². The molecule has 1 saturated carbocycles. The van der Waals surface area contributed by atoms with Gasteiger partial charge in [0.15, 0.2) is 0 Å². The van der Waals surface area contributed by atoms with Gasteiger partial charge in [0, 0.05) is 25.8 Å². The number of nitrogens with zero attached hydrogens (tertiary/aromatic N) is 3. The molecule has 0 N–H and O–H groups in total. The molecule has 3 heterocycles. The number of carbonyl (C=O) groups is 2. The van der Waals surface area contributed by atoms with Crippen molar-refractivity contribution in [1.82, 2.24) is 9.88 Å². The second-order valence-corrected chi connectivity index (χ2v) is 9.53. The monoisotopic (exact) mass is 425 g/mol. The molecule has 1 spiro atoms. The van der Waals surface area contributed by atoms with E-state index in [0.717, 1.165) is 25.1 Å². The fourth-order valence-corrected chi connectivity index (χ4v) is 5.33. The van der Waals surface area contributed by atoms with E-state index >= 15 is 0 Å². The standard InChI is InChI=1S/C21H26F3N3O3/c1-19(2,3)30-18(29)26-11-13-4-5-14(12-26)20(13)6-7-27(17(20)28)16-8-15(9-25-10-16)21(22,23)24/h8-10,13-14H,4-7,11-12H2,1-3H3. The Morgan fingerprint density at radius 1 is 1.17 bits per heavy atom. The van der Waals surface area contributed by atoms with E-state index < -0.39 is 22.8 Å². The summed E-state index contributed by atoms with van der Waals surface area (Å²) in [5, 5.41) is 0. The van der Waals surface area contributed by atoms with Crippen LogP contribution in [0.5, 0.6) is 0 Å². The van der Waals surface area contributed by atoms with E-state index in [2.05, 4.69) is 4.98 Å². The molecule has 1 aromatic heterocycles. The number of pyridine rings is 1. The lowest BCUT2D eigenvalue weighted by atomic mass is 9.68. The van der Waals surface area contributed by atoms with Crippen molar-refractivity contribution in [1.29, 1.82) is 0 Å². The molecule has 0 radical (unpaired) electrons. The molecule has 2 amide bonds. The Balaban J connectivity index is 1.55. The number of hydrogen-bond acceptors (Lipinski definition) is 4. The molecule has 2 atom stereocenters. The fraction of sp³-hybridized carbons (Fsp3) is 0.667. The molecule has 2 aliphatic heterocycles. The van der Waals surface area contributed by atoms with Crippen molar-refractivity contribution in [2.45, 2.75) is 51.8 Å². The van der Waals surface area contributed by atoms with Crippen LogP contribution in [0, 0.1) is 17.3 Å². The first-order chi connectivity index (χ1) is 13.9. The van der Waals surface area contributed by atoms with Crippen molar-refractivity contribution in [2.75, 3.05) is 24.5 Å². The van der Waals surface area contributed by atoms with E-state index in [0.29, 0.717) is 26.1 Å². The van der Waals surface area contributed by atoms with Crippen LogP contribution in [0.2, 0.25) is 0 Å². The Labute approximate surface area is 173 Å². The zero-order valence-electron chi connectivity index (χ0n) is 17.3. The van der Waals surface area contributed by atoms with Gasteiger partial charge in [-0.25, -0.2) is 4.79 Å². The molecule has 3 fully saturated rings. The van der Waals surface area contributed by atoms with Crippen LogP contribution in [0.3, 0.4) is 0 Å². The Kier molecular flexibility index (Phi) is 4.78. The van der Waals surface area contributed by atoms with Crippen LogP contribution >= 0.6 is 0 Å². The third-order valence-electron chi connectivity index (χ3n) is 6.61. The molecular formula is C21H26F3N3O3. The molecule has 2 bridgehead atoms. The number of carbonyl (C=O) groups excluding carboxylic acids is 2. The predicted octanol–water partition coefficient (Wildman–Crippen LogP) is 4.10. The minimum atomic E-state index is -4.51. The van der Waals surface area contributed by atoms with Crippen molar-refractivity contribution in [3.63, 3.8) is 0 Å². The maximum atomic E-state index is 13.5. The predicted molar refractivity (Wildman–Crippen MR) is 103 cm³/mol. The molecule has 164 valence electrons. The van der Waals surface area contributed by atoms with Crippen molar-refractivity contribution in [2.24, 2.45) is 17.3 Å². The van der Waals surface area contributed by atoms with Crippen molar-refractivity contribution in [3.8, 4) is 0 Å². The quantitative estimate of drug-likeness (QED) is 0.680. The first-order valence-electron chi connectivity index (χ1n) is 10.2. The number of halogens is 3. The third-order valence-corrected chi connectivity index (χ3v) is 6.61. The number of rotatable bonds is 1. The molecule has 0 aromatic carbocycles. The Hall–Kier alpha value is -2.32. The van der Waals surface area contributed by atoms with Crippen LogP contribution in [-0.2, 0) is 15.7 Å². The normalized spacial score (nSPS) is 29.1. The molecule has 30 heavy (non-hydrogen) atoms. The van der Waals surface area contributed by atoms with E-state index in [1.54, 1.807) is 4.90 Å². The zero-order chi connectivity index (χ0) is 21.9. The van der Waals surface area contributed by atoms with Crippen LogP contribution < -0.4 is 4.90 Å². The molecule has 9 heteroatoms. The summed E-state index contributed by atoms with van der Waals surface area (Å²) in [6, 6.07) is 0.988. The van der Waals surface area contributed by atoms with E-state index in [4.69, 9.17) is 4.74 Å². The van der Waals surface area contributed by atoms with Crippen LogP contribution in [-0.4, -0.2) is 47.1 Å². The van der Waals surface area contributed by atoms with Crippen molar-refractivity contribution >= 4 is 17.7 Å². The van der Waals surface area contributed by atoms with E-state index in [1.165, 1.54) is 11.1 Å². The minimum Gasteiger partial charge on any atom is -0.444 e. The minimum absolute atomic E-state index is 0.0139. The van der Waals surface area contributed by atoms with Crippen molar-refractivity contribution < 1.29 is 27.5 Å². The van der Waals surface area contributed by atoms with Gasteiger partial charge < -0.3 is 14.5 Å². The Morgan fingerprint density at radius 2 is 1.80 bits per heavy atom. The van der Waals surface area contributed by atoms with Crippen molar-refractivity contribution in [3.05, 3.63) is 24.0 Å². The summed E-state index contributed by atoms with van der Waals surface area (Å²) in [7, 11) is 0. The number of amides is 2. The highest BCUT2D eigenvalue weighted by Gasteiger charge is 2.62. The lowest BCUT2D eigenvalue weighted by molar-refractivity contribution is -0.138. The Bertz CT molecular complexity index is 851. The highest BCUT2D eigenvalue weighted by Crippen LogP contribution is 2.57. The number of ether oxygens (including phenoxy) is 1. The highest BCUT2D eigenvalue weighted by atomic mass is 19.4. The summed E-state index contributed by atoms with van der Waals surface area (Å²) < 4.78 is 44.7. The van der Waals surface area contributed by atoms with Gasteiger partial charge in [-0.15, -0.1) is 0 Å². The summed E-state index contributed by atoms with van der Waals surface area (Å²) >= 11 is 0. The molecule has 6 nitrogen and oxygen atoms in total. The Morgan fingerprint density at radius 3 is 2.37 bits per heavy atom. The summed E-state index contributed by atoms with van der Waals surface area (Å²) in [4.78, 5) is 32.8. The fourth-order valence-electron chi connectivity index (χ4n) is 5.33. The molecule has 1 aliphatic carbocycles. The largest absolute Gasteiger partial charge is 0.444 e. The highest BCUT2D eigenvalue weighted by molar-refractivity contribution is 6.00. The summed E-state index contributed by atoms with van der Waals surface area (Å²) in [6.07, 6.45) is -0.582. The maximum absolute atomic E-state index is 13.5. The second-order valence-electron chi connectivity index (χ2n) is 9.53. The van der Waals surface area contributed by atoms with E-state index in [9.17, 15) is 22.8 Å². The number of likely N-dealkylation sites (tertiary alicyclic amines) is 1. The van der Waals surface area contributed by atoms with Gasteiger partial charge in [0.05, 0.1) is 22.9 Å². The van der Waals surface area contributed by atoms with Crippen LogP contribution in [0.4, 0.5) is 23.7 Å². The number of hydrogen-bond donors (Lipinski definition) is 0. The lowest BCUT2D eigenvalue weighted by Crippen LogP contribution is -2.55. The van der Waals surface area contributed by atoms with Gasteiger partial charge in [0.2, 0.25) is 5.91 Å². The number of alkyl halides is 3. The molecule has 4 rings (SSSR count). The van der Waals surface area contributed by atoms with Gasteiger partial charge in [0.1, 0.15) is 5.60 Å². The van der Waals surface area contributed by atoms with E-state index in [-0.39, 0.29) is 29.5 Å². The SMILES string of the molecule is CC(C)(C)OC(=O)N1CC2CCC(C1)C21CCN(c2cncc(C(F)(F)F)c2)C1=O. The number of anilines is 1.